The number of carbonyl (C=O) groups is 2. The minimum Gasteiger partial charge on any atom is -0.493 e. The molecule has 1 amide bonds. The van der Waals surface area contributed by atoms with Crippen molar-refractivity contribution in [1.82, 2.24) is 5.32 Å². The van der Waals surface area contributed by atoms with Crippen molar-refractivity contribution in [3.63, 3.8) is 0 Å². The van der Waals surface area contributed by atoms with Crippen molar-refractivity contribution in [3.05, 3.63) is 88.9 Å². The van der Waals surface area contributed by atoms with Gasteiger partial charge in [0.2, 0.25) is 5.91 Å². The van der Waals surface area contributed by atoms with Crippen LogP contribution in [-0.2, 0) is 4.79 Å². The van der Waals surface area contributed by atoms with E-state index in [1.165, 1.54) is 30.5 Å². The van der Waals surface area contributed by atoms with Crippen LogP contribution in [-0.4, -0.2) is 23.6 Å². The van der Waals surface area contributed by atoms with E-state index in [1.54, 1.807) is 30.3 Å². The van der Waals surface area contributed by atoms with Crippen molar-refractivity contribution < 1.29 is 23.8 Å². The van der Waals surface area contributed by atoms with Crippen molar-refractivity contribution in [2.24, 2.45) is 5.73 Å². The number of carboxylic acid groups (broad SMARTS) is 1. The Morgan fingerprint density at radius 1 is 1.23 bits per heavy atom. The average Bonchev–Trinajstić information content (AvgIpc) is 2.76. The molecule has 1 unspecified atom stereocenters. The van der Waals surface area contributed by atoms with Gasteiger partial charge in [-0.3, -0.25) is 4.79 Å². The molecule has 0 saturated heterocycles. The number of allylic oxidation sites excluding steroid dienone is 2. The summed E-state index contributed by atoms with van der Waals surface area (Å²) in [6.45, 7) is 3.93. The highest BCUT2D eigenvalue weighted by atomic mass is 19.1. The van der Waals surface area contributed by atoms with E-state index in [0.29, 0.717) is 24.2 Å². The first kappa shape index (κ1) is 23.7. The summed E-state index contributed by atoms with van der Waals surface area (Å²) in [6, 6.07) is 11.8. The summed E-state index contributed by atoms with van der Waals surface area (Å²) >= 11 is 0. The molecule has 0 heterocycles. The zero-order chi connectivity index (χ0) is 22.8. The fraction of sp³-hybridized carbons (Fsp3) is 0.250. The Morgan fingerprint density at radius 2 is 1.94 bits per heavy atom. The monoisotopic (exact) mass is 426 g/mol. The van der Waals surface area contributed by atoms with Crippen LogP contribution in [0.4, 0.5) is 4.39 Å². The van der Waals surface area contributed by atoms with E-state index in [-0.39, 0.29) is 24.1 Å². The maximum Gasteiger partial charge on any atom is 0.335 e. The first-order valence-electron chi connectivity index (χ1n) is 9.97. The minimum absolute atomic E-state index is 0.179. The fourth-order valence-electron chi connectivity index (χ4n) is 2.87. The molecule has 0 bridgehead atoms. The van der Waals surface area contributed by atoms with E-state index in [1.807, 2.05) is 13.8 Å². The topological polar surface area (TPSA) is 102 Å². The predicted molar refractivity (Wildman–Crippen MR) is 117 cm³/mol. The number of hydrogen-bond donors (Lipinski definition) is 3. The van der Waals surface area contributed by atoms with Gasteiger partial charge in [-0.25, -0.2) is 9.18 Å². The number of nitrogens with two attached hydrogens (primary N) is 1. The second-order valence-electron chi connectivity index (χ2n) is 6.94. The molecule has 4 N–H and O–H groups in total. The van der Waals surface area contributed by atoms with E-state index in [0.717, 1.165) is 11.1 Å². The van der Waals surface area contributed by atoms with Gasteiger partial charge >= 0.3 is 5.97 Å². The van der Waals surface area contributed by atoms with Crippen LogP contribution in [0.25, 0.3) is 0 Å². The first-order chi connectivity index (χ1) is 14.8. The molecule has 0 saturated carbocycles. The number of benzene rings is 2. The van der Waals surface area contributed by atoms with Crippen LogP contribution in [0.2, 0.25) is 0 Å². The van der Waals surface area contributed by atoms with Crippen molar-refractivity contribution >= 4 is 11.9 Å². The van der Waals surface area contributed by atoms with Crippen molar-refractivity contribution in [2.45, 2.75) is 32.7 Å². The second-order valence-corrected chi connectivity index (χ2v) is 6.94. The van der Waals surface area contributed by atoms with Crippen LogP contribution in [0.1, 0.15) is 48.7 Å². The third kappa shape index (κ3) is 7.29. The molecule has 0 aliphatic heterocycles. The Balaban J connectivity index is 2.09. The number of carbonyl (C=O) groups excluding carboxylic acids is 1. The molecule has 164 valence electrons. The lowest BCUT2D eigenvalue weighted by Crippen LogP contribution is -2.29. The lowest BCUT2D eigenvalue weighted by molar-refractivity contribution is -0.118. The Morgan fingerprint density at radius 3 is 2.52 bits per heavy atom. The van der Waals surface area contributed by atoms with Gasteiger partial charge in [0.25, 0.3) is 0 Å². The molecular formula is C24H27FN2O4. The Kier molecular flexibility index (Phi) is 8.81. The maximum atomic E-state index is 13.3. The molecule has 7 heteroatoms. The summed E-state index contributed by atoms with van der Waals surface area (Å²) in [6.07, 6.45) is 4.13. The quantitative estimate of drug-likeness (QED) is 0.387. The molecule has 2 aromatic rings. The van der Waals surface area contributed by atoms with Crippen LogP contribution >= 0.6 is 0 Å². The number of aromatic carboxylic acids is 1. The zero-order valence-electron chi connectivity index (χ0n) is 17.6. The number of halogens is 1. The molecule has 2 rings (SSSR count). The van der Waals surface area contributed by atoms with Crippen molar-refractivity contribution in [1.29, 1.82) is 0 Å². The molecule has 6 nitrogen and oxygen atoms in total. The number of carboxylic acids is 1. The van der Waals surface area contributed by atoms with Gasteiger partial charge in [-0.15, -0.1) is 0 Å². The minimum atomic E-state index is -1.01. The van der Waals surface area contributed by atoms with Gasteiger partial charge in [0.1, 0.15) is 11.6 Å². The number of hydrogen-bond acceptors (Lipinski definition) is 4. The van der Waals surface area contributed by atoms with Gasteiger partial charge in [-0.05, 0) is 61.0 Å². The first-order valence-corrected chi connectivity index (χ1v) is 9.97. The molecule has 0 fully saturated rings. The Labute approximate surface area is 181 Å². The summed E-state index contributed by atoms with van der Waals surface area (Å²) < 4.78 is 18.9. The standard InChI is InChI=1S/C24H27FN2O4/c1-3-17(15-26)13-20(11-12-31-22-6-4-5-21(25)14-22)23(28)27-16(2)18-7-9-19(10-8-18)24(29)30/h4-10,13-16H,3,11-12,26H2,1-2H3,(H,27,28)(H,29,30)/b17-15-,20-13+. The average molecular weight is 426 g/mol. The summed E-state index contributed by atoms with van der Waals surface area (Å²) in [5.41, 5.74) is 7.87. The molecule has 31 heavy (non-hydrogen) atoms. The summed E-state index contributed by atoms with van der Waals surface area (Å²) in [7, 11) is 0. The summed E-state index contributed by atoms with van der Waals surface area (Å²) in [5, 5.41) is 11.9. The molecule has 0 spiro atoms. The van der Waals surface area contributed by atoms with Crippen LogP contribution in [0.3, 0.4) is 0 Å². The highest BCUT2D eigenvalue weighted by molar-refractivity contribution is 5.94. The lowest BCUT2D eigenvalue weighted by Gasteiger charge is -2.17. The largest absolute Gasteiger partial charge is 0.493 e. The zero-order valence-corrected chi connectivity index (χ0v) is 17.6. The third-order valence-electron chi connectivity index (χ3n) is 4.72. The molecule has 0 radical (unpaired) electrons. The van der Waals surface area contributed by atoms with E-state index in [9.17, 15) is 14.0 Å². The van der Waals surface area contributed by atoms with Gasteiger partial charge in [0, 0.05) is 18.1 Å². The van der Waals surface area contributed by atoms with Crippen LogP contribution in [0, 0.1) is 5.82 Å². The van der Waals surface area contributed by atoms with Gasteiger partial charge in [-0.2, -0.15) is 0 Å². The Bertz CT molecular complexity index is 968. The van der Waals surface area contributed by atoms with Gasteiger partial charge in [0.05, 0.1) is 18.2 Å². The van der Waals surface area contributed by atoms with E-state index in [4.69, 9.17) is 15.6 Å². The number of nitrogens with one attached hydrogen (secondary N) is 1. The van der Waals surface area contributed by atoms with Crippen LogP contribution < -0.4 is 15.8 Å². The van der Waals surface area contributed by atoms with E-state index >= 15 is 0 Å². The SMILES string of the molecule is CCC(=C/N)/C=C(\CCOc1cccc(F)c1)C(=O)NC(C)c1ccc(C(=O)O)cc1. The Hall–Kier alpha value is -3.61. The summed E-state index contributed by atoms with van der Waals surface area (Å²) in [4.78, 5) is 23.9. The molecule has 0 aromatic heterocycles. The molecule has 2 aromatic carbocycles. The lowest BCUT2D eigenvalue weighted by atomic mass is 10.0. The number of amides is 1. The van der Waals surface area contributed by atoms with Crippen LogP contribution in [0.15, 0.2) is 72.0 Å². The highest BCUT2D eigenvalue weighted by Crippen LogP contribution is 2.18. The van der Waals surface area contributed by atoms with Gasteiger partial charge in [-0.1, -0.05) is 25.1 Å². The molecule has 0 aliphatic rings. The number of rotatable bonds is 10. The fourth-order valence-corrected chi connectivity index (χ4v) is 2.87. The van der Waals surface area contributed by atoms with E-state index in [2.05, 4.69) is 5.32 Å². The van der Waals surface area contributed by atoms with Crippen LogP contribution in [0.5, 0.6) is 5.75 Å². The highest BCUT2D eigenvalue weighted by Gasteiger charge is 2.15. The van der Waals surface area contributed by atoms with Crippen molar-refractivity contribution in [2.75, 3.05) is 6.61 Å². The predicted octanol–water partition coefficient (Wildman–Crippen LogP) is 4.35. The normalized spacial score (nSPS) is 12.9. The molecular weight excluding hydrogens is 399 g/mol. The molecule has 0 aliphatic carbocycles. The van der Waals surface area contributed by atoms with Crippen molar-refractivity contribution in [3.8, 4) is 5.75 Å². The van der Waals surface area contributed by atoms with Gasteiger partial charge < -0.3 is 20.9 Å². The maximum absolute atomic E-state index is 13.3. The second kappa shape index (κ2) is 11.5. The number of ether oxygens (including phenoxy) is 1. The van der Waals surface area contributed by atoms with Gasteiger partial charge in [0.15, 0.2) is 0 Å². The smallest absolute Gasteiger partial charge is 0.335 e. The summed E-state index contributed by atoms with van der Waals surface area (Å²) in [5.74, 6) is -1.30. The van der Waals surface area contributed by atoms with E-state index < -0.39 is 11.8 Å². The molecule has 1 atom stereocenters. The third-order valence-corrected chi connectivity index (χ3v) is 4.72.